The van der Waals surface area contributed by atoms with Crippen LogP contribution in [0, 0.1) is 0 Å². The number of hydrogen-bond acceptors (Lipinski definition) is 4. The maximum atomic E-state index is 4.24. The van der Waals surface area contributed by atoms with Gasteiger partial charge in [-0.25, -0.2) is 15.0 Å². The topological polar surface area (TPSA) is 66.5 Å². The second-order valence-corrected chi connectivity index (χ2v) is 4.35. The number of aromatic amines is 1. The number of imidazole rings is 1. The molecule has 2 N–H and O–H groups in total. The van der Waals surface area contributed by atoms with Crippen molar-refractivity contribution in [2.45, 2.75) is 19.9 Å². The van der Waals surface area contributed by atoms with Gasteiger partial charge in [0.25, 0.3) is 0 Å². The van der Waals surface area contributed by atoms with Crippen molar-refractivity contribution in [1.82, 2.24) is 19.9 Å². The highest BCUT2D eigenvalue weighted by Crippen LogP contribution is 2.15. The molecule has 5 nitrogen and oxygen atoms in total. The maximum absolute atomic E-state index is 4.24. The summed E-state index contributed by atoms with van der Waals surface area (Å²) >= 11 is 0. The third kappa shape index (κ3) is 2.40. The number of H-pyrrole nitrogens is 1. The monoisotopic (exact) mass is 253 g/mol. The summed E-state index contributed by atoms with van der Waals surface area (Å²) in [7, 11) is 0. The van der Waals surface area contributed by atoms with Gasteiger partial charge in [-0.3, -0.25) is 0 Å². The number of benzene rings is 1. The Morgan fingerprint density at radius 3 is 2.95 bits per heavy atom. The molecule has 3 aromatic rings. The molecule has 0 bridgehead atoms. The van der Waals surface area contributed by atoms with E-state index in [0.717, 1.165) is 24.3 Å². The van der Waals surface area contributed by atoms with Crippen LogP contribution in [0.5, 0.6) is 0 Å². The lowest BCUT2D eigenvalue weighted by Crippen LogP contribution is -2.03. The van der Waals surface area contributed by atoms with Gasteiger partial charge >= 0.3 is 0 Å². The third-order valence-corrected chi connectivity index (χ3v) is 3.08. The summed E-state index contributed by atoms with van der Waals surface area (Å²) in [5.41, 5.74) is 4.10. The van der Waals surface area contributed by atoms with Crippen LogP contribution in [0.15, 0.2) is 36.9 Å². The van der Waals surface area contributed by atoms with E-state index in [1.807, 2.05) is 0 Å². The van der Waals surface area contributed by atoms with E-state index in [9.17, 15) is 0 Å². The zero-order valence-electron chi connectivity index (χ0n) is 10.7. The fourth-order valence-corrected chi connectivity index (χ4v) is 2.04. The molecule has 0 aliphatic heterocycles. The van der Waals surface area contributed by atoms with E-state index in [1.54, 1.807) is 6.33 Å². The van der Waals surface area contributed by atoms with Gasteiger partial charge in [-0.1, -0.05) is 31.2 Å². The Morgan fingerprint density at radius 1 is 1.16 bits per heavy atom. The van der Waals surface area contributed by atoms with Crippen LogP contribution in [-0.2, 0) is 13.0 Å². The second-order valence-electron chi connectivity index (χ2n) is 4.35. The minimum absolute atomic E-state index is 0.680. The molecule has 0 radical (unpaired) electrons. The highest BCUT2D eigenvalue weighted by molar-refractivity contribution is 5.81. The molecule has 19 heavy (non-hydrogen) atoms. The predicted octanol–water partition coefficient (Wildman–Crippen LogP) is 2.53. The van der Waals surface area contributed by atoms with Gasteiger partial charge in [0.1, 0.15) is 11.8 Å². The molecule has 96 valence electrons. The Labute approximate surface area is 111 Å². The molecule has 5 heteroatoms. The summed E-state index contributed by atoms with van der Waals surface area (Å²) < 4.78 is 0. The third-order valence-electron chi connectivity index (χ3n) is 3.08. The lowest BCUT2D eigenvalue weighted by atomic mass is 10.1. The van der Waals surface area contributed by atoms with Gasteiger partial charge in [-0.2, -0.15) is 0 Å². The van der Waals surface area contributed by atoms with Crippen LogP contribution in [0.2, 0.25) is 0 Å². The van der Waals surface area contributed by atoms with Crippen LogP contribution in [0.25, 0.3) is 11.2 Å². The van der Waals surface area contributed by atoms with Crippen LogP contribution >= 0.6 is 0 Å². The van der Waals surface area contributed by atoms with Crippen molar-refractivity contribution < 1.29 is 0 Å². The molecule has 0 spiro atoms. The van der Waals surface area contributed by atoms with Gasteiger partial charge in [-0.15, -0.1) is 0 Å². The molecule has 0 atom stereocenters. The van der Waals surface area contributed by atoms with E-state index in [0.29, 0.717) is 5.65 Å². The number of aromatic nitrogens is 4. The first kappa shape index (κ1) is 11.6. The van der Waals surface area contributed by atoms with Crippen molar-refractivity contribution in [3.63, 3.8) is 0 Å². The van der Waals surface area contributed by atoms with E-state index in [1.165, 1.54) is 17.5 Å². The number of fused-ring (bicyclic) bond motifs is 1. The van der Waals surface area contributed by atoms with Crippen molar-refractivity contribution in [3.8, 4) is 0 Å². The quantitative estimate of drug-likeness (QED) is 0.749. The number of nitrogens with one attached hydrogen (secondary N) is 2. The molecule has 0 saturated heterocycles. The van der Waals surface area contributed by atoms with E-state index < -0.39 is 0 Å². The zero-order chi connectivity index (χ0) is 13.1. The number of hydrogen-bond donors (Lipinski definition) is 2. The standard InChI is InChI=1S/C14H15N5/c1-2-10-4-3-5-11(6-10)7-15-13-12-14(17-8-16-12)19-9-18-13/h3-6,8-9H,2,7H2,1H3,(H2,15,16,17,18,19). The Morgan fingerprint density at radius 2 is 2.05 bits per heavy atom. The van der Waals surface area contributed by atoms with Crippen molar-refractivity contribution in [1.29, 1.82) is 0 Å². The average molecular weight is 253 g/mol. The summed E-state index contributed by atoms with van der Waals surface area (Å²) in [4.78, 5) is 15.5. The molecular formula is C14H15N5. The molecule has 1 aromatic carbocycles. The van der Waals surface area contributed by atoms with Gasteiger partial charge in [0.2, 0.25) is 0 Å². The first-order valence-corrected chi connectivity index (χ1v) is 6.32. The highest BCUT2D eigenvalue weighted by Gasteiger charge is 2.05. The second kappa shape index (κ2) is 5.06. The van der Waals surface area contributed by atoms with Gasteiger partial charge in [0, 0.05) is 6.54 Å². The van der Waals surface area contributed by atoms with Gasteiger partial charge in [0.15, 0.2) is 11.5 Å². The van der Waals surface area contributed by atoms with Crippen LogP contribution in [0.1, 0.15) is 18.1 Å². The molecular weight excluding hydrogens is 238 g/mol. The average Bonchev–Trinajstić information content (AvgIpc) is 2.94. The summed E-state index contributed by atoms with van der Waals surface area (Å²) in [6.07, 6.45) is 4.20. The first-order valence-electron chi connectivity index (χ1n) is 6.32. The summed E-state index contributed by atoms with van der Waals surface area (Å²) in [5.74, 6) is 0.782. The summed E-state index contributed by atoms with van der Waals surface area (Å²) in [6.45, 7) is 2.89. The molecule has 0 saturated carbocycles. The van der Waals surface area contributed by atoms with Gasteiger partial charge in [-0.05, 0) is 17.5 Å². The largest absolute Gasteiger partial charge is 0.364 e. The molecule has 0 aliphatic rings. The fraction of sp³-hybridized carbons (Fsp3) is 0.214. The molecule has 2 heterocycles. The van der Waals surface area contributed by atoms with Crippen molar-refractivity contribution in [3.05, 3.63) is 48.0 Å². The number of nitrogens with zero attached hydrogens (tertiary/aromatic N) is 3. The SMILES string of the molecule is CCc1cccc(CNc2ncnc3nc[nH]c23)c1. The Balaban J connectivity index is 1.80. The Kier molecular flexibility index (Phi) is 3.10. The molecule has 2 aromatic heterocycles. The van der Waals surface area contributed by atoms with Crippen LogP contribution in [-0.4, -0.2) is 19.9 Å². The molecule has 3 rings (SSSR count). The fourth-order valence-electron chi connectivity index (χ4n) is 2.04. The Hall–Kier alpha value is -2.43. The highest BCUT2D eigenvalue weighted by atomic mass is 15.1. The Bertz CT molecular complexity index is 689. The van der Waals surface area contributed by atoms with Crippen molar-refractivity contribution >= 4 is 17.0 Å². The first-order chi connectivity index (χ1) is 9.36. The van der Waals surface area contributed by atoms with Crippen LogP contribution < -0.4 is 5.32 Å². The summed E-state index contributed by atoms with van der Waals surface area (Å²) in [5, 5.41) is 3.32. The lowest BCUT2D eigenvalue weighted by molar-refractivity contribution is 1.07. The molecule has 0 fully saturated rings. The van der Waals surface area contributed by atoms with E-state index in [-0.39, 0.29) is 0 Å². The zero-order valence-corrected chi connectivity index (χ0v) is 10.7. The van der Waals surface area contributed by atoms with Crippen molar-refractivity contribution in [2.75, 3.05) is 5.32 Å². The van der Waals surface area contributed by atoms with Crippen molar-refractivity contribution in [2.24, 2.45) is 0 Å². The normalized spacial score (nSPS) is 10.8. The number of anilines is 1. The van der Waals surface area contributed by atoms with Crippen LogP contribution in [0.3, 0.4) is 0 Å². The molecule has 0 aliphatic carbocycles. The summed E-state index contributed by atoms with van der Waals surface area (Å²) in [6, 6.07) is 8.54. The smallest absolute Gasteiger partial charge is 0.182 e. The maximum Gasteiger partial charge on any atom is 0.182 e. The van der Waals surface area contributed by atoms with Gasteiger partial charge in [0.05, 0.1) is 6.33 Å². The van der Waals surface area contributed by atoms with E-state index in [2.05, 4.69) is 56.4 Å². The molecule has 0 unspecified atom stereocenters. The predicted molar refractivity (Wildman–Crippen MR) is 74.8 cm³/mol. The minimum Gasteiger partial charge on any atom is -0.364 e. The van der Waals surface area contributed by atoms with Crippen LogP contribution in [0.4, 0.5) is 5.82 Å². The van der Waals surface area contributed by atoms with Gasteiger partial charge < -0.3 is 10.3 Å². The molecule has 0 amide bonds. The lowest BCUT2D eigenvalue weighted by Gasteiger charge is -2.07. The number of rotatable bonds is 4. The van der Waals surface area contributed by atoms with E-state index in [4.69, 9.17) is 0 Å². The minimum atomic E-state index is 0.680. The van der Waals surface area contributed by atoms with E-state index >= 15 is 0 Å². The number of aryl methyl sites for hydroxylation is 1.